The Bertz CT molecular complexity index is 396. The molecule has 19 heavy (non-hydrogen) atoms. The maximum absolute atomic E-state index is 11.7. The van der Waals surface area contributed by atoms with Gasteiger partial charge in [0.15, 0.2) is 0 Å². The number of thioether (sulfide) groups is 1. The number of carbonyl (C=O) groups excluding carboxylic acids is 1. The van der Waals surface area contributed by atoms with Crippen molar-refractivity contribution in [3.05, 3.63) is 35.9 Å². The first-order chi connectivity index (χ1) is 9.24. The van der Waals surface area contributed by atoms with Crippen molar-refractivity contribution in [1.82, 2.24) is 5.32 Å². The van der Waals surface area contributed by atoms with Crippen LogP contribution in [0.25, 0.3) is 0 Å². The third-order valence-electron chi connectivity index (χ3n) is 3.45. The quantitative estimate of drug-likeness (QED) is 0.839. The summed E-state index contributed by atoms with van der Waals surface area (Å²) in [6.07, 6.45) is 2.58. The predicted octanol–water partition coefficient (Wildman–Crippen LogP) is 2.20. The molecule has 2 unspecified atom stereocenters. The number of carbonyl (C=O) groups is 1. The highest BCUT2D eigenvalue weighted by Gasteiger charge is 2.22. The molecule has 1 aromatic rings. The fraction of sp³-hybridized carbons (Fsp3) is 0.533. The Morgan fingerprint density at radius 3 is 2.79 bits per heavy atom. The average Bonchev–Trinajstić information content (AvgIpc) is 2.83. The van der Waals surface area contributed by atoms with Crippen molar-refractivity contribution in [2.24, 2.45) is 5.92 Å². The van der Waals surface area contributed by atoms with Crippen molar-refractivity contribution >= 4 is 17.7 Å². The van der Waals surface area contributed by atoms with E-state index >= 15 is 0 Å². The maximum atomic E-state index is 11.7. The fourth-order valence-electron chi connectivity index (χ4n) is 2.38. The van der Waals surface area contributed by atoms with Crippen molar-refractivity contribution in [3.8, 4) is 0 Å². The number of benzene rings is 1. The molecule has 2 atom stereocenters. The Balaban J connectivity index is 1.57. The summed E-state index contributed by atoms with van der Waals surface area (Å²) in [4.78, 5) is 11.7. The smallest absolute Gasteiger partial charge is 0.230 e. The molecule has 1 aromatic carbocycles. The van der Waals surface area contributed by atoms with Gasteiger partial charge in [0.25, 0.3) is 0 Å². The van der Waals surface area contributed by atoms with Gasteiger partial charge in [-0.1, -0.05) is 30.3 Å². The van der Waals surface area contributed by atoms with Gasteiger partial charge in [-0.05, 0) is 30.7 Å². The van der Waals surface area contributed by atoms with E-state index in [2.05, 4.69) is 17.4 Å². The lowest BCUT2D eigenvalue weighted by Gasteiger charge is -2.10. The Morgan fingerprint density at radius 2 is 2.11 bits per heavy atom. The molecule has 1 fully saturated rings. The van der Waals surface area contributed by atoms with E-state index in [1.165, 1.54) is 5.56 Å². The molecule has 4 heteroatoms. The minimum absolute atomic E-state index is 0.0994. The number of aliphatic hydroxyl groups excluding tert-OH is 1. The van der Waals surface area contributed by atoms with Crippen LogP contribution < -0.4 is 5.32 Å². The molecule has 104 valence electrons. The topological polar surface area (TPSA) is 49.3 Å². The van der Waals surface area contributed by atoms with Crippen LogP contribution in [0.2, 0.25) is 0 Å². The van der Waals surface area contributed by atoms with Gasteiger partial charge in [-0.25, -0.2) is 0 Å². The molecule has 1 aliphatic rings. The zero-order chi connectivity index (χ0) is 13.5. The second kappa shape index (κ2) is 7.56. The lowest BCUT2D eigenvalue weighted by Crippen LogP contribution is -2.30. The molecule has 1 amide bonds. The molecule has 0 heterocycles. The van der Waals surface area contributed by atoms with Crippen LogP contribution in [0.5, 0.6) is 0 Å². The van der Waals surface area contributed by atoms with Crippen molar-refractivity contribution in [1.29, 1.82) is 0 Å². The second-order valence-corrected chi connectivity index (χ2v) is 6.10. The Hall–Kier alpha value is -1.00. The highest BCUT2D eigenvalue weighted by atomic mass is 32.2. The van der Waals surface area contributed by atoms with Gasteiger partial charge < -0.3 is 10.4 Å². The molecule has 0 bridgehead atoms. The van der Waals surface area contributed by atoms with E-state index in [1.807, 2.05) is 18.2 Å². The lowest BCUT2D eigenvalue weighted by molar-refractivity contribution is -0.118. The molecule has 0 aliphatic heterocycles. The van der Waals surface area contributed by atoms with Crippen LogP contribution in [0.3, 0.4) is 0 Å². The van der Waals surface area contributed by atoms with Gasteiger partial charge in [0.2, 0.25) is 5.91 Å². The van der Waals surface area contributed by atoms with E-state index in [0.29, 0.717) is 18.2 Å². The van der Waals surface area contributed by atoms with Gasteiger partial charge in [0, 0.05) is 12.3 Å². The summed E-state index contributed by atoms with van der Waals surface area (Å²) >= 11 is 1.64. The van der Waals surface area contributed by atoms with Crippen LogP contribution in [-0.2, 0) is 10.5 Å². The summed E-state index contributed by atoms with van der Waals surface area (Å²) in [6, 6.07) is 10.2. The summed E-state index contributed by atoms with van der Waals surface area (Å²) in [5, 5.41) is 12.4. The molecule has 3 nitrogen and oxygen atoms in total. The van der Waals surface area contributed by atoms with Crippen LogP contribution in [-0.4, -0.2) is 29.4 Å². The zero-order valence-electron chi connectivity index (χ0n) is 11.0. The van der Waals surface area contributed by atoms with E-state index in [9.17, 15) is 9.90 Å². The zero-order valence-corrected chi connectivity index (χ0v) is 11.9. The molecular formula is C15H21NO2S. The van der Waals surface area contributed by atoms with Crippen LogP contribution in [0.15, 0.2) is 30.3 Å². The molecule has 1 saturated carbocycles. The number of nitrogens with one attached hydrogen (secondary N) is 1. The van der Waals surface area contributed by atoms with E-state index in [0.717, 1.165) is 25.0 Å². The van der Waals surface area contributed by atoms with Crippen molar-refractivity contribution in [2.75, 3.05) is 12.3 Å². The van der Waals surface area contributed by atoms with Gasteiger partial charge in [0.1, 0.15) is 0 Å². The third-order valence-corrected chi connectivity index (χ3v) is 4.45. The van der Waals surface area contributed by atoms with Gasteiger partial charge in [-0.3, -0.25) is 4.79 Å². The van der Waals surface area contributed by atoms with Crippen LogP contribution in [0.1, 0.15) is 24.8 Å². The van der Waals surface area contributed by atoms with Crippen LogP contribution in [0, 0.1) is 5.92 Å². The van der Waals surface area contributed by atoms with Gasteiger partial charge in [0.05, 0.1) is 11.9 Å². The predicted molar refractivity (Wildman–Crippen MR) is 79.0 cm³/mol. The monoisotopic (exact) mass is 279 g/mol. The number of aliphatic hydroxyl groups is 1. The standard InChI is InChI=1S/C15H21NO2S/c17-14-7-6-13(8-14)9-16-15(18)11-19-10-12-4-2-1-3-5-12/h1-5,13-14,17H,6-11H2,(H,16,18). The van der Waals surface area contributed by atoms with E-state index < -0.39 is 0 Å². The molecule has 0 aromatic heterocycles. The highest BCUT2D eigenvalue weighted by molar-refractivity contribution is 7.99. The van der Waals surface area contributed by atoms with Gasteiger partial charge in [-0.2, -0.15) is 0 Å². The number of hydrogen-bond acceptors (Lipinski definition) is 3. The molecular weight excluding hydrogens is 258 g/mol. The van der Waals surface area contributed by atoms with Crippen LogP contribution >= 0.6 is 11.8 Å². The second-order valence-electron chi connectivity index (χ2n) is 5.12. The van der Waals surface area contributed by atoms with Crippen molar-refractivity contribution < 1.29 is 9.90 Å². The highest BCUT2D eigenvalue weighted by Crippen LogP contribution is 2.24. The number of rotatable bonds is 6. The first kappa shape index (κ1) is 14.4. The average molecular weight is 279 g/mol. The first-order valence-electron chi connectivity index (χ1n) is 6.80. The summed E-state index contributed by atoms with van der Waals surface area (Å²) in [5.74, 6) is 1.93. The minimum Gasteiger partial charge on any atom is -0.393 e. The summed E-state index contributed by atoms with van der Waals surface area (Å²) < 4.78 is 0. The first-order valence-corrected chi connectivity index (χ1v) is 7.96. The molecule has 1 aliphatic carbocycles. The summed E-state index contributed by atoms with van der Waals surface area (Å²) in [6.45, 7) is 0.710. The Labute approximate surface area is 118 Å². The fourth-order valence-corrected chi connectivity index (χ4v) is 3.20. The largest absolute Gasteiger partial charge is 0.393 e. The van der Waals surface area contributed by atoms with Gasteiger partial charge >= 0.3 is 0 Å². The summed E-state index contributed by atoms with van der Waals surface area (Å²) in [5.41, 5.74) is 1.25. The minimum atomic E-state index is -0.158. The normalized spacial score (nSPS) is 22.4. The third kappa shape index (κ3) is 5.25. The maximum Gasteiger partial charge on any atom is 0.230 e. The molecule has 0 radical (unpaired) electrons. The van der Waals surface area contributed by atoms with E-state index in [-0.39, 0.29) is 12.0 Å². The molecule has 2 rings (SSSR count). The lowest BCUT2D eigenvalue weighted by atomic mass is 10.1. The Kier molecular flexibility index (Phi) is 5.73. The summed E-state index contributed by atoms with van der Waals surface area (Å²) in [7, 11) is 0. The SMILES string of the molecule is O=C(CSCc1ccccc1)NCC1CCC(O)C1. The van der Waals surface area contributed by atoms with Crippen molar-refractivity contribution in [2.45, 2.75) is 31.1 Å². The van der Waals surface area contributed by atoms with Gasteiger partial charge in [-0.15, -0.1) is 11.8 Å². The van der Waals surface area contributed by atoms with Crippen molar-refractivity contribution in [3.63, 3.8) is 0 Å². The number of amides is 1. The van der Waals surface area contributed by atoms with E-state index in [4.69, 9.17) is 0 Å². The molecule has 2 N–H and O–H groups in total. The number of hydrogen-bond donors (Lipinski definition) is 2. The van der Waals surface area contributed by atoms with Crippen LogP contribution in [0.4, 0.5) is 0 Å². The molecule has 0 spiro atoms. The Morgan fingerprint density at radius 1 is 1.32 bits per heavy atom. The van der Waals surface area contributed by atoms with E-state index in [1.54, 1.807) is 11.8 Å². The molecule has 0 saturated heterocycles.